The van der Waals surface area contributed by atoms with Crippen molar-refractivity contribution in [3.8, 4) is 17.0 Å². The van der Waals surface area contributed by atoms with Gasteiger partial charge in [0.15, 0.2) is 0 Å². The summed E-state index contributed by atoms with van der Waals surface area (Å²) in [5, 5.41) is 0. The first-order valence-electron chi connectivity index (χ1n) is 12.0. The molecule has 0 bridgehead atoms. The van der Waals surface area contributed by atoms with Crippen molar-refractivity contribution in [2.24, 2.45) is 11.8 Å². The van der Waals surface area contributed by atoms with Crippen LogP contribution < -0.4 is 4.74 Å². The molecule has 0 N–H and O–H groups in total. The van der Waals surface area contributed by atoms with Gasteiger partial charge in [-0.1, -0.05) is 71.3 Å². The van der Waals surface area contributed by atoms with Gasteiger partial charge in [-0.3, -0.25) is 4.98 Å². The Hall–Kier alpha value is -1.83. The Labute approximate surface area is 178 Å². The van der Waals surface area contributed by atoms with Crippen LogP contribution >= 0.6 is 0 Å². The van der Waals surface area contributed by atoms with Crippen LogP contribution in [0.3, 0.4) is 0 Å². The van der Waals surface area contributed by atoms with Crippen molar-refractivity contribution in [1.29, 1.82) is 0 Å². The molecule has 0 aliphatic heterocycles. The summed E-state index contributed by atoms with van der Waals surface area (Å²) in [5.41, 5.74) is 3.58. The molecule has 2 heteroatoms. The smallest absolute Gasteiger partial charge is 0.119 e. The minimum Gasteiger partial charge on any atom is -0.494 e. The van der Waals surface area contributed by atoms with Crippen LogP contribution in [0.5, 0.6) is 5.75 Å². The summed E-state index contributed by atoms with van der Waals surface area (Å²) in [6, 6.07) is 12.8. The molecule has 29 heavy (non-hydrogen) atoms. The standard InChI is InChI=1S/C27H39NO/c1-3-5-6-7-20-29-26-17-15-25(16-18-26)27-19-14-24(21-28-27)13-12-23-10-8-22(4-2)9-11-23/h14-19,21-23H,3-13,20H2,1-2H3/t22-,23-. The molecule has 1 aromatic carbocycles. The van der Waals surface area contributed by atoms with E-state index in [-0.39, 0.29) is 0 Å². The van der Waals surface area contributed by atoms with E-state index < -0.39 is 0 Å². The minimum atomic E-state index is 0.812. The Morgan fingerprint density at radius 3 is 2.28 bits per heavy atom. The van der Waals surface area contributed by atoms with Gasteiger partial charge in [0.25, 0.3) is 0 Å². The molecule has 0 spiro atoms. The second-order valence-electron chi connectivity index (χ2n) is 8.82. The quantitative estimate of drug-likeness (QED) is 0.362. The predicted octanol–water partition coefficient (Wildman–Crippen LogP) is 7.86. The summed E-state index contributed by atoms with van der Waals surface area (Å²) < 4.78 is 5.85. The van der Waals surface area contributed by atoms with Crippen molar-refractivity contribution in [2.45, 2.75) is 84.5 Å². The summed E-state index contributed by atoms with van der Waals surface area (Å²) in [5.74, 6) is 2.87. The highest BCUT2D eigenvalue weighted by Gasteiger charge is 2.19. The molecule has 3 rings (SSSR count). The van der Waals surface area contributed by atoms with E-state index in [4.69, 9.17) is 9.72 Å². The average molecular weight is 394 g/mol. The number of rotatable bonds is 11. The number of ether oxygens (including phenoxy) is 1. The number of unbranched alkanes of at least 4 members (excludes halogenated alkanes) is 3. The van der Waals surface area contributed by atoms with E-state index in [2.05, 4.69) is 56.4 Å². The second kappa shape index (κ2) is 12.0. The lowest BCUT2D eigenvalue weighted by Crippen LogP contribution is -2.14. The van der Waals surface area contributed by atoms with Crippen LogP contribution in [0.25, 0.3) is 11.3 Å². The fourth-order valence-corrected chi connectivity index (χ4v) is 4.48. The molecule has 0 unspecified atom stereocenters. The van der Waals surface area contributed by atoms with Crippen molar-refractivity contribution in [3.63, 3.8) is 0 Å². The molecule has 1 aliphatic carbocycles. The Morgan fingerprint density at radius 2 is 1.62 bits per heavy atom. The van der Waals surface area contributed by atoms with E-state index in [1.807, 2.05) is 0 Å². The lowest BCUT2D eigenvalue weighted by Gasteiger charge is -2.27. The molecule has 1 heterocycles. The average Bonchev–Trinajstić information content (AvgIpc) is 2.79. The SMILES string of the molecule is CCCCCCOc1ccc(-c2ccc(CC[C@H]3CC[C@H](CC)CC3)cn2)cc1. The predicted molar refractivity (Wildman–Crippen MR) is 123 cm³/mol. The normalized spacial score (nSPS) is 19.2. The van der Waals surface area contributed by atoms with Crippen LogP contribution in [0.2, 0.25) is 0 Å². The van der Waals surface area contributed by atoms with Crippen LogP contribution in [0.4, 0.5) is 0 Å². The van der Waals surface area contributed by atoms with Crippen molar-refractivity contribution in [2.75, 3.05) is 6.61 Å². The van der Waals surface area contributed by atoms with E-state index >= 15 is 0 Å². The van der Waals surface area contributed by atoms with E-state index in [0.717, 1.165) is 41.9 Å². The van der Waals surface area contributed by atoms with Crippen LogP contribution in [-0.4, -0.2) is 11.6 Å². The zero-order valence-corrected chi connectivity index (χ0v) is 18.5. The molecule has 158 valence electrons. The topological polar surface area (TPSA) is 22.1 Å². The van der Waals surface area contributed by atoms with E-state index in [1.165, 1.54) is 69.8 Å². The Morgan fingerprint density at radius 1 is 0.862 bits per heavy atom. The van der Waals surface area contributed by atoms with Crippen LogP contribution in [0.15, 0.2) is 42.6 Å². The molecule has 0 amide bonds. The van der Waals surface area contributed by atoms with E-state index in [0.29, 0.717) is 0 Å². The first kappa shape index (κ1) is 21.9. The molecule has 0 radical (unpaired) electrons. The van der Waals surface area contributed by atoms with E-state index in [1.54, 1.807) is 0 Å². The van der Waals surface area contributed by atoms with Gasteiger partial charge in [0.1, 0.15) is 5.75 Å². The third-order valence-corrected chi connectivity index (χ3v) is 6.63. The third-order valence-electron chi connectivity index (χ3n) is 6.63. The number of benzene rings is 1. The minimum absolute atomic E-state index is 0.812. The molecule has 1 fully saturated rings. The van der Waals surface area contributed by atoms with Crippen molar-refractivity contribution >= 4 is 0 Å². The van der Waals surface area contributed by atoms with Gasteiger partial charge in [0.05, 0.1) is 12.3 Å². The first-order valence-corrected chi connectivity index (χ1v) is 12.0. The first-order chi connectivity index (χ1) is 14.3. The second-order valence-corrected chi connectivity index (χ2v) is 8.82. The summed E-state index contributed by atoms with van der Waals surface area (Å²) in [6.45, 7) is 5.39. The third kappa shape index (κ3) is 7.17. The van der Waals surface area contributed by atoms with Gasteiger partial charge >= 0.3 is 0 Å². The lowest BCUT2D eigenvalue weighted by atomic mass is 9.79. The van der Waals surface area contributed by atoms with Crippen molar-refractivity contribution < 1.29 is 4.74 Å². The zero-order chi connectivity index (χ0) is 20.3. The monoisotopic (exact) mass is 393 g/mol. The van der Waals surface area contributed by atoms with Crippen LogP contribution in [0, 0.1) is 11.8 Å². The molecule has 1 saturated carbocycles. The number of pyridine rings is 1. The molecule has 2 nitrogen and oxygen atoms in total. The van der Waals surface area contributed by atoms with Gasteiger partial charge in [-0.2, -0.15) is 0 Å². The number of nitrogens with zero attached hydrogens (tertiary/aromatic N) is 1. The summed E-state index contributed by atoms with van der Waals surface area (Å²) in [7, 11) is 0. The maximum atomic E-state index is 5.85. The molecular weight excluding hydrogens is 354 g/mol. The molecule has 0 saturated heterocycles. The maximum Gasteiger partial charge on any atom is 0.119 e. The van der Waals surface area contributed by atoms with Gasteiger partial charge in [-0.05, 0) is 67.0 Å². The van der Waals surface area contributed by atoms with Gasteiger partial charge in [0.2, 0.25) is 0 Å². The fraction of sp³-hybridized carbons (Fsp3) is 0.593. The maximum absolute atomic E-state index is 5.85. The molecule has 1 aromatic heterocycles. The highest BCUT2D eigenvalue weighted by molar-refractivity contribution is 5.60. The lowest BCUT2D eigenvalue weighted by molar-refractivity contribution is 0.259. The van der Waals surface area contributed by atoms with Crippen molar-refractivity contribution in [1.82, 2.24) is 4.98 Å². The largest absolute Gasteiger partial charge is 0.494 e. The summed E-state index contributed by atoms with van der Waals surface area (Å²) >= 11 is 0. The Kier molecular flexibility index (Phi) is 9.05. The summed E-state index contributed by atoms with van der Waals surface area (Å²) in [4.78, 5) is 4.72. The van der Waals surface area contributed by atoms with Gasteiger partial charge in [-0.15, -0.1) is 0 Å². The highest BCUT2D eigenvalue weighted by atomic mass is 16.5. The Balaban J connectivity index is 1.43. The van der Waals surface area contributed by atoms with Gasteiger partial charge < -0.3 is 4.74 Å². The number of aromatic nitrogens is 1. The van der Waals surface area contributed by atoms with Crippen molar-refractivity contribution in [3.05, 3.63) is 48.2 Å². The highest BCUT2D eigenvalue weighted by Crippen LogP contribution is 2.33. The fourth-order valence-electron chi connectivity index (χ4n) is 4.48. The van der Waals surface area contributed by atoms with Crippen LogP contribution in [-0.2, 0) is 6.42 Å². The van der Waals surface area contributed by atoms with Crippen LogP contribution in [0.1, 0.15) is 83.6 Å². The van der Waals surface area contributed by atoms with E-state index in [9.17, 15) is 0 Å². The number of hydrogen-bond acceptors (Lipinski definition) is 2. The molecular formula is C27H39NO. The molecule has 1 aliphatic rings. The van der Waals surface area contributed by atoms with Gasteiger partial charge in [0, 0.05) is 11.8 Å². The number of hydrogen-bond donors (Lipinski definition) is 0. The van der Waals surface area contributed by atoms with Gasteiger partial charge in [-0.25, -0.2) is 0 Å². The zero-order valence-electron chi connectivity index (χ0n) is 18.5. The Bertz CT molecular complexity index is 683. The summed E-state index contributed by atoms with van der Waals surface area (Å²) in [6.07, 6.45) is 16.6. The molecule has 0 atom stereocenters. The molecule has 2 aromatic rings. The number of aryl methyl sites for hydroxylation is 1.